The Hall–Kier alpha value is -3.65. The van der Waals surface area contributed by atoms with E-state index in [1.807, 2.05) is 19.9 Å². The molecule has 8 heteroatoms. The number of rotatable bonds is 6. The molecular weight excluding hydrogens is 465 g/mol. The smallest absolute Gasteiger partial charge is 0.294 e. The Morgan fingerprint density at radius 3 is 2.34 bits per heavy atom. The number of carbonyl (C=O) groups is 3. The zero-order chi connectivity index (χ0) is 25.3. The van der Waals surface area contributed by atoms with Crippen LogP contribution in [0.5, 0.6) is 0 Å². The van der Waals surface area contributed by atoms with Gasteiger partial charge in [0.15, 0.2) is 0 Å². The second-order valence-electron chi connectivity index (χ2n) is 8.73. The van der Waals surface area contributed by atoms with Crippen LogP contribution in [0, 0.1) is 19.7 Å². The molecular formula is C27H26FN3O3S. The standard InChI is InChI=1S/C27H26FN3O3S/c1-16(2)19-5-11-23(12-6-19)31-17(3)13-20(18(31)4)14-24-26(33)30(27(34)35-24)15-25(32)29-22-9-7-21(28)8-10-22/h5-14,16H,15H2,1-4H3,(H,29,32)/b24-14-. The van der Waals surface area contributed by atoms with E-state index < -0.39 is 29.4 Å². The fraction of sp³-hybridized carbons (Fsp3) is 0.222. The third-order valence-corrected chi connectivity index (χ3v) is 6.79. The largest absolute Gasteiger partial charge is 0.325 e. The van der Waals surface area contributed by atoms with Crippen LogP contribution in [-0.2, 0) is 9.59 Å². The van der Waals surface area contributed by atoms with E-state index in [9.17, 15) is 18.8 Å². The van der Waals surface area contributed by atoms with Gasteiger partial charge in [0.05, 0.1) is 4.91 Å². The van der Waals surface area contributed by atoms with Gasteiger partial charge in [-0.2, -0.15) is 0 Å². The molecule has 0 spiro atoms. The third-order valence-electron chi connectivity index (χ3n) is 5.88. The van der Waals surface area contributed by atoms with E-state index in [4.69, 9.17) is 0 Å². The highest BCUT2D eigenvalue weighted by Crippen LogP contribution is 2.34. The molecule has 3 aromatic rings. The molecule has 6 nitrogen and oxygen atoms in total. The fourth-order valence-electron chi connectivity index (χ4n) is 3.99. The molecule has 0 saturated carbocycles. The summed E-state index contributed by atoms with van der Waals surface area (Å²) >= 11 is 0.811. The summed E-state index contributed by atoms with van der Waals surface area (Å²) in [4.78, 5) is 38.9. The van der Waals surface area contributed by atoms with Gasteiger partial charge in [-0.15, -0.1) is 0 Å². The first kappa shape index (κ1) is 24.5. The predicted molar refractivity (Wildman–Crippen MR) is 137 cm³/mol. The summed E-state index contributed by atoms with van der Waals surface area (Å²) in [7, 11) is 0. The molecule has 180 valence electrons. The number of nitrogens with one attached hydrogen (secondary N) is 1. The third kappa shape index (κ3) is 5.22. The van der Waals surface area contributed by atoms with E-state index in [1.54, 1.807) is 6.08 Å². The first-order valence-electron chi connectivity index (χ1n) is 11.2. The van der Waals surface area contributed by atoms with E-state index in [2.05, 4.69) is 48.0 Å². The van der Waals surface area contributed by atoms with Gasteiger partial charge in [-0.3, -0.25) is 19.3 Å². The number of thioether (sulfide) groups is 1. The number of benzene rings is 2. The van der Waals surface area contributed by atoms with E-state index in [0.717, 1.165) is 39.3 Å². The van der Waals surface area contributed by atoms with E-state index in [1.165, 1.54) is 29.8 Å². The lowest BCUT2D eigenvalue weighted by Gasteiger charge is -2.12. The quantitative estimate of drug-likeness (QED) is 0.427. The van der Waals surface area contributed by atoms with E-state index >= 15 is 0 Å². The minimum Gasteiger partial charge on any atom is -0.325 e. The molecule has 2 heterocycles. The number of hydrogen-bond acceptors (Lipinski definition) is 4. The Kier molecular flexibility index (Phi) is 6.93. The monoisotopic (exact) mass is 491 g/mol. The van der Waals surface area contributed by atoms with Crippen molar-refractivity contribution in [1.82, 2.24) is 9.47 Å². The first-order valence-corrected chi connectivity index (χ1v) is 12.1. The molecule has 4 rings (SSSR count). The number of halogens is 1. The maximum Gasteiger partial charge on any atom is 0.294 e. The average molecular weight is 492 g/mol. The summed E-state index contributed by atoms with van der Waals surface area (Å²) in [5, 5.41) is 2.06. The molecule has 0 unspecified atom stereocenters. The molecule has 35 heavy (non-hydrogen) atoms. The zero-order valence-corrected chi connectivity index (χ0v) is 20.8. The van der Waals surface area contributed by atoms with Crippen LogP contribution in [0.25, 0.3) is 11.8 Å². The van der Waals surface area contributed by atoms with Crippen LogP contribution in [0.15, 0.2) is 59.5 Å². The minimum atomic E-state index is -0.539. The molecule has 1 N–H and O–H groups in total. The Morgan fingerprint density at radius 2 is 1.71 bits per heavy atom. The molecule has 2 aromatic carbocycles. The van der Waals surface area contributed by atoms with Gasteiger partial charge in [-0.1, -0.05) is 26.0 Å². The van der Waals surface area contributed by atoms with Crippen LogP contribution in [0.2, 0.25) is 0 Å². The number of anilines is 1. The zero-order valence-electron chi connectivity index (χ0n) is 20.0. The molecule has 1 saturated heterocycles. The lowest BCUT2D eigenvalue weighted by atomic mass is 10.0. The molecule has 1 aromatic heterocycles. The van der Waals surface area contributed by atoms with Crippen molar-refractivity contribution >= 4 is 40.6 Å². The van der Waals surface area contributed by atoms with Crippen LogP contribution in [0.4, 0.5) is 14.9 Å². The molecule has 0 atom stereocenters. The van der Waals surface area contributed by atoms with Crippen LogP contribution >= 0.6 is 11.8 Å². The molecule has 0 bridgehead atoms. The van der Waals surface area contributed by atoms with Gasteiger partial charge in [-0.25, -0.2) is 4.39 Å². The van der Waals surface area contributed by atoms with Crippen molar-refractivity contribution in [3.05, 3.63) is 87.8 Å². The summed E-state index contributed by atoms with van der Waals surface area (Å²) in [6.45, 7) is 7.85. The minimum absolute atomic E-state index is 0.264. The van der Waals surface area contributed by atoms with Gasteiger partial charge in [-0.05, 0) is 91.2 Å². The van der Waals surface area contributed by atoms with Crippen LogP contribution in [-0.4, -0.2) is 33.1 Å². The molecule has 0 aliphatic carbocycles. The highest BCUT2D eigenvalue weighted by atomic mass is 32.2. The van der Waals surface area contributed by atoms with Gasteiger partial charge in [0.25, 0.3) is 11.1 Å². The van der Waals surface area contributed by atoms with E-state index in [0.29, 0.717) is 11.6 Å². The van der Waals surface area contributed by atoms with E-state index in [-0.39, 0.29) is 4.91 Å². The normalized spacial score (nSPS) is 14.9. The van der Waals surface area contributed by atoms with Crippen molar-refractivity contribution in [2.45, 2.75) is 33.6 Å². The highest BCUT2D eigenvalue weighted by Gasteiger charge is 2.36. The van der Waals surface area contributed by atoms with Crippen molar-refractivity contribution in [3.63, 3.8) is 0 Å². The number of carbonyl (C=O) groups excluding carboxylic acids is 3. The van der Waals surface area contributed by atoms with Crippen LogP contribution in [0.1, 0.15) is 42.3 Å². The summed E-state index contributed by atoms with van der Waals surface area (Å²) in [6.07, 6.45) is 1.70. The number of aryl methyl sites for hydroxylation is 1. The molecule has 1 aliphatic rings. The Bertz CT molecular complexity index is 1320. The maximum absolute atomic E-state index is 13.1. The SMILES string of the molecule is Cc1cc(/C=C2\SC(=O)N(CC(=O)Nc3ccc(F)cc3)C2=O)c(C)n1-c1ccc(C(C)C)cc1. The second kappa shape index (κ2) is 9.92. The number of nitrogens with zero attached hydrogens (tertiary/aromatic N) is 2. The van der Waals surface area contributed by atoms with Crippen molar-refractivity contribution < 1.29 is 18.8 Å². The lowest BCUT2D eigenvalue weighted by molar-refractivity contribution is -0.127. The summed E-state index contributed by atoms with van der Waals surface area (Å²) in [6, 6.07) is 15.6. The first-order chi connectivity index (χ1) is 16.6. The second-order valence-corrected chi connectivity index (χ2v) is 9.72. The molecule has 3 amide bonds. The number of aromatic nitrogens is 1. The van der Waals surface area contributed by atoms with Crippen molar-refractivity contribution in [3.8, 4) is 5.69 Å². The van der Waals surface area contributed by atoms with Crippen molar-refractivity contribution in [2.24, 2.45) is 0 Å². The fourth-order valence-corrected chi connectivity index (χ4v) is 4.82. The molecule has 1 fully saturated rings. The van der Waals surface area contributed by atoms with Gasteiger partial charge in [0, 0.05) is 22.8 Å². The van der Waals surface area contributed by atoms with Crippen molar-refractivity contribution in [1.29, 1.82) is 0 Å². The Morgan fingerprint density at radius 1 is 1.06 bits per heavy atom. The number of amides is 3. The maximum atomic E-state index is 13.1. The summed E-state index contributed by atoms with van der Waals surface area (Å²) in [5.74, 6) is -1.03. The Labute approximate surface area is 207 Å². The highest BCUT2D eigenvalue weighted by molar-refractivity contribution is 8.18. The predicted octanol–water partition coefficient (Wildman–Crippen LogP) is 6.03. The van der Waals surface area contributed by atoms with Crippen LogP contribution < -0.4 is 5.32 Å². The topological polar surface area (TPSA) is 71.4 Å². The van der Waals surface area contributed by atoms with Crippen molar-refractivity contribution in [2.75, 3.05) is 11.9 Å². The van der Waals surface area contributed by atoms with Gasteiger partial charge in [0.1, 0.15) is 12.4 Å². The molecule has 1 aliphatic heterocycles. The average Bonchev–Trinajstić information content (AvgIpc) is 3.24. The van der Waals surface area contributed by atoms with Gasteiger partial charge < -0.3 is 9.88 Å². The van der Waals surface area contributed by atoms with Crippen LogP contribution in [0.3, 0.4) is 0 Å². The summed E-state index contributed by atoms with van der Waals surface area (Å²) < 4.78 is 15.2. The Balaban J connectivity index is 1.51. The molecule has 0 radical (unpaired) electrons. The summed E-state index contributed by atoms with van der Waals surface area (Å²) in [5.41, 5.74) is 5.44. The lowest BCUT2D eigenvalue weighted by Crippen LogP contribution is -2.36. The number of imide groups is 1. The number of hydrogen-bond donors (Lipinski definition) is 1. The van der Waals surface area contributed by atoms with Gasteiger partial charge in [0.2, 0.25) is 5.91 Å². The van der Waals surface area contributed by atoms with Gasteiger partial charge >= 0.3 is 0 Å².